The zero-order chi connectivity index (χ0) is 16.9. The number of carbonyl (C=O) groups is 1. The summed E-state index contributed by atoms with van der Waals surface area (Å²) >= 11 is 0. The highest BCUT2D eigenvalue weighted by Gasteiger charge is 2.23. The van der Waals surface area contributed by atoms with E-state index in [0.29, 0.717) is 24.8 Å². The van der Waals surface area contributed by atoms with Gasteiger partial charge in [0.15, 0.2) is 0 Å². The number of methoxy groups -OCH3 is 1. The summed E-state index contributed by atoms with van der Waals surface area (Å²) < 4.78 is 10.6. The largest absolute Gasteiger partial charge is 0.497 e. The molecule has 1 aromatic heterocycles. The van der Waals surface area contributed by atoms with Crippen molar-refractivity contribution in [2.45, 2.75) is 26.2 Å². The lowest BCUT2D eigenvalue weighted by atomic mass is 10.2. The summed E-state index contributed by atoms with van der Waals surface area (Å²) in [5, 5.41) is 2.90. The first-order valence-corrected chi connectivity index (χ1v) is 8.20. The summed E-state index contributed by atoms with van der Waals surface area (Å²) in [6.07, 6.45) is 6.41. The Kier molecular flexibility index (Phi) is 4.99. The van der Waals surface area contributed by atoms with Crippen LogP contribution in [0.5, 0.6) is 5.75 Å². The molecule has 1 fully saturated rings. The quantitative estimate of drug-likeness (QED) is 0.792. The molecular weight excluding hydrogens is 304 g/mol. The van der Waals surface area contributed by atoms with Gasteiger partial charge in [-0.3, -0.25) is 4.79 Å². The van der Waals surface area contributed by atoms with Crippen molar-refractivity contribution in [1.29, 1.82) is 0 Å². The fourth-order valence-electron chi connectivity index (χ4n) is 2.52. The zero-order valence-corrected chi connectivity index (χ0v) is 14.0. The van der Waals surface area contributed by atoms with Gasteiger partial charge in [0, 0.05) is 24.6 Å². The molecular formula is C19H22N2O3. The van der Waals surface area contributed by atoms with E-state index in [2.05, 4.69) is 10.3 Å². The van der Waals surface area contributed by atoms with E-state index >= 15 is 0 Å². The molecule has 5 heteroatoms. The maximum Gasteiger partial charge on any atom is 0.243 e. The number of benzene rings is 1. The molecule has 0 aliphatic heterocycles. The Balaban J connectivity index is 1.50. The van der Waals surface area contributed by atoms with Crippen LogP contribution < -0.4 is 10.1 Å². The molecule has 1 aliphatic rings. The van der Waals surface area contributed by atoms with Crippen LogP contribution in [-0.2, 0) is 11.2 Å². The second-order valence-corrected chi connectivity index (χ2v) is 6.08. The first-order valence-electron chi connectivity index (χ1n) is 8.20. The second-order valence-electron chi connectivity index (χ2n) is 6.08. The number of aromatic nitrogens is 1. The summed E-state index contributed by atoms with van der Waals surface area (Å²) in [5.41, 5.74) is 2.90. The van der Waals surface area contributed by atoms with Gasteiger partial charge in [-0.25, -0.2) is 4.98 Å². The average Bonchev–Trinajstić information content (AvgIpc) is 3.34. The van der Waals surface area contributed by atoms with Gasteiger partial charge in [0.25, 0.3) is 0 Å². The Morgan fingerprint density at radius 3 is 2.79 bits per heavy atom. The number of nitrogens with zero attached hydrogens (tertiary/aromatic N) is 1. The maximum atomic E-state index is 11.8. The van der Waals surface area contributed by atoms with Crippen LogP contribution in [0.4, 0.5) is 0 Å². The van der Waals surface area contributed by atoms with Gasteiger partial charge in [-0.15, -0.1) is 0 Å². The van der Waals surface area contributed by atoms with E-state index in [1.165, 1.54) is 18.4 Å². The van der Waals surface area contributed by atoms with Crippen LogP contribution in [0.2, 0.25) is 0 Å². The number of ether oxygens (including phenoxy) is 1. The van der Waals surface area contributed by atoms with E-state index in [1.54, 1.807) is 19.4 Å². The second kappa shape index (κ2) is 7.34. The topological polar surface area (TPSA) is 64.4 Å². The van der Waals surface area contributed by atoms with E-state index in [1.807, 2.05) is 31.2 Å². The van der Waals surface area contributed by atoms with E-state index in [0.717, 1.165) is 17.0 Å². The minimum absolute atomic E-state index is 0.0294. The minimum Gasteiger partial charge on any atom is -0.497 e. The monoisotopic (exact) mass is 326 g/mol. The molecule has 0 spiro atoms. The Morgan fingerprint density at radius 2 is 2.12 bits per heavy atom. The van der Waals surface area contributed by atoms with Crippen LogP contribution in [0.15, 0.2) is 46.6 Å². The molecule has 1 aliphatic carbocycles. The van der Waals surface area contributed by atoms with Gasteiger partial charge in [-0.05, 0) is 49.9 Å². The van der Waals surface area contributed by atoms with Crippen LogP contribution in [-0.4, -0.2) is 24.5 Å². The normalized spacial score (nSPS) is 14.5. The lowest BCUT2D eigenvalue weighted by molar-refractivity contribution is -0.116. The van der Waals surface area contributed by atoms with Crippen LogP contribution >= 0.6 is 0 Å². The fourth-order valence-corrected chi connectivity index (χ4v) is 2.52. The predicted molar refractivity (Wildman–Crippen MR) is 91.7 cm³/mol. The average molecular weight is 326 g/mol. The maximum absolute atomic E-state index is 11.8. The number of allylic oxidation sites excluding steroid dienone is 1. The number of carbonyl (C=O) groups excluding carboxylic acids is 1. The molecule has 3 rings (SSSR count). The molecule has 1 N–H and O–H groups in total. The molecule has 0 saturated heterocycles. The van der Waals surface area contributed by atoms with E-state index in [-0.39, 0.29) is 5.91 Å². The summed E-state index contributed by atoms with van der Waals surface area (Å²) in [7, 11) is 1.63. The van der Waals surface area contributed by atoms with Crippen LogP contribution in [0.1, 0.15) is 25.5 Å². The first kappa shape index (κ1) is 16.3. The van der Waals surface area contributed by atoms with Crippen molar-refractivity contribution in [3.05, 3.63) is 47.9 Å². The molecule has 2 aromatic rings. The van der Waals surface area contributed by atoms with Crippen molar-refractivity contribution in [3.63, 3.8) is 0 Å². The number of nitrogens with one attached hydrogen (secondary N) is 1. The molecule has 24 heavy (non-hydrogen) atoms. The van der Waals surface area contributed by atoms with Crippen molar-refractivity contribution in [2.75, 3.05) is 13.7 Å². The van der Waals surface area contributed by atoms with Crippen molar-refractivity contribution < 1.29 is 13.9 Å². The van der Waals surface area contributed by atoms with Crippen LogP contribution in [0, 0.1) is 5.92 Å². The smallest absolute Gasteiger partial charge is 0.243 e. The molecule has 0 bridgehead atoms. The lowest BCUT2D eigenvalue weighted by Gasteiger charge is -2.01. The highest BCUT2D eigenvalue weighted by atomic mass is 16.5. The summed E-state index contributed by atoms with van der Waals surface area (Å²) in [5.74, 6) is 1.96. The highest BCUT2D eigenvalue weighted by Crippen LogP contribution is 2.35. The molecule has 0 unspecified atom stereocenters. The number of hydrogen-bond acceptors (Lipinski definition) is 4. The van der Waals surface area contributed by atoms with Gasteiger partial charge in [0.05, 0.1) is 12.8 Å². The zero-order valence-electron chi connectivity index (χ0n) is 14.0. The predicted octanol–water partition coefficient (Wildman–Crippen LogP) is 3.37. The van der Waals surface area contributed by atoms with E-state index in [4.69, 9.17) is 9.15 Å². The van der Waals surface area contributed by atoms with Crippen molar-refractivity contribution in [1.82, 2.24) is 10.3 Å². The van der Waals surface area contributed by atoms with E-state index in [9.17, 15) is 4.79 Å². The molecule has 1 aromatic carbocycles. The Hall–Kier alpha value is -2.56. The van der Waals surface area contributed by atoms with E-state index < -0.39 is 0 Å². The number of rotatable bonds is 7. The fraction of sp³-hybridized carbons (Fsp3) is 0.368. The first-order chi connectivity index (χ1) is 11.7. The molecule has 1 heterocycles. The Morgan fingerprint density at radius 1 is 1.38 bits per heavy atom. The lowest BCUT2D eigenvalue weighted by Crippen LogP contribution is -2.24. The third-order valence-electron chi connectivity index (χ3n) is 4.15. The third-order valence-corrected chi connectivity index (χ3v) is 4.15. The standard InChI is InChI=1S/C19H22N2O3/c1-13(14-3-4-14)11-18(22)20-10-9-16-12-24-19(21-16)15-5-7-17(23-2)8-6-15/h5-8,11-12,14H,3-4,9-10H2,1-2H3,(H,20,22)/b13-11-. The molecule has 0 atom stereocenters. The third kappa shape index (κ3) is 4.25. The molecule has 5 nitrogen and oxygen atoms in total. The van der Waals surface area contributed by atoms with Gasteiger partial charge in [-0.1, -0.05) is 5.57 Å². The summed E-state index contributed by atoms with van der Waals surface area (Å²) in [6.45, 7) is 2.57. The van der Waals surface area contributed by atoms with Crippen LogP contribution in [0.3, 0.4) is 0 Å². The van der Waals surface area contributed by atoms with Crippen molar-refractivity contribution in [2.24, 2.45) is 5.92 Å². The van der Waals surface area contributed by atoms with Gasteiger partial charge in [-0.2, -0.15) is 0 Å². The highest BCUT2D eigenvalue weighted by molar-refractivity contribution is 5.88. The SMILES string of the molecule is COc1ccc(-c2nc(CCNC(=O)/C=C(/C)C3CC3)co2)cc1. The van der Waals surface area contributed by atoms with Gasteiger partial charge < -0.3 is 14.5 Å². The minimum atomic E-state index is -0.0294. The number of hydrogen-bond donors (Lipinski definition) is 1. The Labute approximate surface area is 141 Å². The van der Waals surface area contributed by atoms with Crippen molar-refractivity contribution in [3.8, 4) is 17.2 Å². The Bertz CT molecular complexity index is 727. The summed E-state index contributed by atoms with van der Waals surface area (Å²) in [6, 6.07) is 7.55. The van der Waals surface area contributed by atoms with Gasteiger partial charge in [0.1, 0.15) is 12.0 Å². The number of amides is 1. The molecule has 0 radical (unpaired) electrons. The van der Waals surface area contributed by atoms with Crippen molar-refractivity contribution >= 4 is 5.91 Å². The summed E-state index contributed by atoms with van der Waals surface area (Å²) in [4.78, 5) is 16.3. The van der Waals surface area contributed by atoms with Gasteiger partial charge >= 0.3 is 0 Å². The number of oxazole rings is 1. The molecule has 1 saturated carbocycles. The molecule has 1 amide bonds. The molecule has 126 valence electrons. The van der Waals surface area contributed by atoms with Gasteiger partial charge in [0.2, 0.25) is 11.8 Å². The van der Waals surface area contributed by atoms with Crippen LogP contribution in [0.25, 0.3) is 11.5 Å².